The number of para-hydroxylation sites is 1. The average molecular weight is 389 g/mol. The van der Waals surface area contributed by atoms with Crippen LogP contribution in [0.2, 0.25) is 0 Å². The van der Waals surface area contributed by atoms with E-state index in [1.54, 1.807) is 6.20 Å². The van der Waals surface area contributed by atoms with Crippen molar-refractivity contribution in [1.29, 1.82) is 0 Å². The van der Waals surface area contributed by atoms with Crippen molar-refractivity contribution in [2.24, 2.45) is 5.92 Å². The predicted octanol–water partition coefficient (Wildman–Crippen LogP) is 4.15. The maximum Gasteiger partial charge on any atom is 0.252 e. The third kappa shape index (κ3) is 4.80. The van der Waals surface area contributed by atoms with Crippen LogP contribution in [0.4, 0.5) is 0 Å². The Morgan fingerprint density at radius 2 is 1.90 bits per heavy atom. The Bertz CT molecular complexity index is 965. The third-order valence-corrected chi connectivity index (χ3v) is 5.70. The number of amides is 1. The lowest BCUT2D eigenvalue weighted by molar-refractivity contribution is 0.0952. The lowest BCUT2D eigenvalue weighted by Gasteiger charge is -2.30. The first kappa shape index (κ1) is 19.5. The molecule has 2 aromatic heterocycles. The van der Waals surface area contributed by atoms with Gasteiger partial charge in [-0.25, -0.2) is 4.98 Å². The first-order valence-corrected chi connectivity index (χ1v) is 10.5. The molecule has 0 saturated carbocycles. The first-order chi connectivity index (χ1) is 14.2. The summed E-state index contributed by atoms with van der Waals surface area (Å²) in [5.74, 6) is 0.798. The van der Waals surface area contributed by atoms with E-state index < -0.39 is 0 Å². The van der Waals surface area contributed by atoms with Crippen LogP contribution in [0.1, 0.15) is 36.5 Å². The smallest absolute Gasteiger partial charge is 0.252 e. The van der Waals surface area contributed by atoms with Gasteiger partial charge in [0.1, 0.15) is 0 Å². The van der Waals surface area contributed by atoms with Crippen LogP contribution in [-0.2, 0) is 0 Å². The summed E-state index contributed by atoms with van der Waals surface area (Å²) in [4.78, 5) is 24.6. The van der Waals surface area contributed by atoms with Gasteiger partial charge in [-0.15, -0.1) is 0 Å². The molecule has 3 aromatic rings. The standard InChI is InChI=1S/C24H28N4O/c1-18-10-15-28(16-11-18)14-6-13-26-24(29)20-17-23(22-9-4-5-12-25-22)27-21-8-3-2-7-19(20)21/h2-5,7-9,12,17-18H,6,10-11,13-16H2,1H3,(H,26,29). The van der Waals surface area contributed by atoms with Crippen LogP contribution < -0.4 is 5.32 Å². The molecule has 0 unspecified atom stereocenters. The van der Waals surface area contributed by atoms with E-state index in [9.17, 15) is 4.79 Å². The number of pyridine rings is 2. The maximum atomic E-state index is 13.0. The molecule has 1 aliphatic heterocycles. The Morgan fingerprint density at radius 1 is 1.10 bits per heavy atom. The summed E-state index contributed by atoms with van der Waals surface area (Å²) >= 11 is 0. The molecular formula is C24H28N4O. The molecule has 5 nitrogen and oxygen atoms in total. The van der Waals surface area contributed by atoms with E-state index in [-0.39, 0.29) is 5.91 Å². The van der Waals surface area contributed by atoms with E-state index >= 15 is 0 Å². The second-order valence-corrected chi connectivity index (χ2v) is 7.92. The van der Waals surface area contributed by atoms with Crippen molar-refractivity contribution in [2.75, 3.05) is 26.2 Å². The summed E-state index contributed by atoms with van der Waals surface area (Å²) < 4.78 is 0. The number of benzene rings is 1. The first-order valence-electron chi connectivity index (χ1n) is 10.5. The number of carbonyl (C=O) groups excluding carboxylic acids is 1. The Kier molecular flexibility index (Phi) is 6.15. The van der Waals surface area contributed by atoms with Gasteiger partial charge in [0.15, 0.2) is 0 Å². The van der Waals surface area contributed by atoms with E-state index in [2.05, 4.69) is 22.1 Å². The minimum absolute atomic E-state index is 0.0481. The highest BCUT2D eigenvalue weighted by molar-refractivity contribution is 6.07. The summed E-state index contributed by atoms with van der Waals surface area (Å²) in [6.45, 7) is 6.41. The summed E-state index contributed by atoms with van der Waals surface area (Å²) in [5.41, 5.74) is 2.95. The van der Waals surface area contributed by atoms with Crippen LogP contribution in [0.3, 0.4) is 0 Å². The zero-order chi connectivity index (χ0) is 20.1. The minimum atomic E-state index is -0.0481. The number of hydrogen-bond acceptors (Lipinski definition) is 4. The van der Waals surface area contributed by atoms with Gasteiger partial charge in [-0.3, -0.25) is 9.78 Å². The molecule has 1 aliphatic rings. The van der Waals surface area contributed by atoms with Gasteiger partial charge in [-0.05, 0) is 69.1 Å². The van der Waals surface area contributed by atoms with Crippen molar-refractivity contribution in [3.63, 3.8) is 0 Å². The summed E-state index contributed by atoms with van der Waals surface area (Å²) in [5, 5.41) is 3.97. The Morgan fingerprint density at radius 3 is 2.69 bits per heavy atom. The van der Waals surface area contributed by atoms with Gasteiger partial charge >= 0.3 is 0 Å². The average Bonchev–Trinajstić information content (AvgIpc) is 2.77. The molecule has 3 heterocycles. The molecule has 0 atom stereocenters. The zero-order valence-corrected chi connectivity index (χ0v) is 17.0. The number of carbonyl (C=O) groups is 1. The lowest BCUT2D eigenvalue weighted by Crippen LogP contribution is -2.35. The summed E-state index contributed by atoms with van der Waals surface area (Å²) in [7, 11) is 0. The molecule has 1 saturated heterocycles. The lowest BCUT2D eigenvalue weighted by atomic mass is 9.99. The van der Waals surface area contributed by atoms with Crippen molar-refractivity contribution in [3.05, 3.63) is 60.3 Å². The molecule has 29 heavy (non-hydrogen) atoms. The van der Waals surface area contributed by atoms with Gasteiger partial charge in [0, 0.05) is 18.1 Å². The molecule has 1 aromatic carbocycles. The molecular weight excluding hydrogens is 360 g/mol. The van der Waals surface area contributed by atoms with Crippen LogP contribution in [0.5, 0.6) is 0 Å². The van der Waals surface area contributed by atoms with E-state index in [0.29, 0.717) is 12.1 Å². The molecule has 150 valence electrons. The highest BCUT2D eigenvalue weighted by atomic mass is 16.1. The molecule has 0 bridgehead atoms. The second kappa shape index (κ2) is 9.14. The fourth-order valence-corrected chi connectivity index (χ4v) is 3.89. The maximum absolute atomic E-state index is 13.0. The highest BCUT2D eigenvalue weighted by Crippen LogP contribution is 2.23. The molecule has 4 rings (SSSR count). The predicted molar refractivity (Wildman–Crippen MR) is 117 cm³/mol. The van der Waals surface area contributed by atoms with Crippen LogP contribution in [0, 0.1) is 5.92 Å². The Balaban J connectivity index is 1.45. The van der Waals surface area contributed by atoms with Crippen molar-refractivity contribution in [2.45, 2.75) is 26.2 Å². The van der Waals surface area contributed by atoms with Crippen molar-refractivity contribution in [3.8, 4) is 11.4 Å². The molecule has 1 amide bonds. The number of likely N-dealkylation sites (tertiary alicyclic amines) is 1. The topological polar surface area (TPSA) is 58.1 Å². The van der Waals surface area contributed by atoms with Crippen molar-refractivity contribution < 1.29 is 4.79 Å². The molecule has 0 radical (unpaired) electrons. The van der Waals surface area contributed by atoms with E-state index in [1.807, 2.05) is 48.5 Å². The molecule has 0 spiro atoms. The van der Waals surface area contributed by atoms with E-state index in [4.69, 9.17) is 4.98 Å². The van der Waals surface area contributed by atoms with Gasteiger partial charge in [0.25, 0.3) is 5.91 Å². The Hall–Kier alpha value is -2.79. The van der Waals surface area contributed by atoms with Gasteiger partial charge in [0.2, 0.25) is 0 Å². The Labute approximate surface area is 172 Å². The molecule has 5 heteroatoms. The fourth-order valence-electron chi connectivity index (χ4n) is 3.89. The number of hydrogen-bond donors (Lipinski definition) is 1. The molecule has 0 aliphatic carbocycles. The van der Waals surface area contributed by atoms with E-state index in [1.165, 1.54) is 25.9 Å². The number of nitrogens with zero attached hydrogens (tertiary/aromatic N) is 3. The van der Waals surface area contributed by atoms with E-state index in [0.717, 1.165) is 41.2 Å². The highest BCUT2D eigenvalue weighted by Gasteiger charge is 2.16. The van der Waals surface area contributed by atoms with Gasteiger partial charge in [-0.2, -0.15) is 0 Å². The SMILES string of the molecule is CC1CCN(CCCNC(=O)c2cc(-c3ccccn3)nc3ccccc23)CC1. The monoisotopic (exact) mass is 388 g/mol. The normalized spacial score (nSPS) is 15.5. The summed E-state index contributed by atoms with van der Waals surface area (Å²) in [6.07, 6.45) is 5.28. The second-order valence-electron chi connectivity index (χ2n) is 7.92. The van der Waals surface area contributed by atoms with Gasteiger partial charge < -0.3 is 10.2 Å². The molecule has 1 N–H and O–H groups in total. The van der Waals surface area contributed by atoms with Crippen LogP contribution >= 0.6 is 0 Å². The van der Waals surface area contributed by atoms with Crippen LogP contribution in [0.25, 0.3) is 22.3 Å². The fraction of sp³-hybridized carbons (Fsp3) is 0.375. The minimum Gasteiger partial charge on any atom is -0.352 e. The van der Waals surface area contributed by atoms with Crippen molar-refractivity contribution in [1.82, 2.24) is 20.2 Å². The van der Waals surface area contributed by atoms with Crippen LogP contribution in [-0.4, -0.2) is 47.0 Å². The number of piperidine rings is 1. The zero-order valence-electron chi connectivity index (χ0n) is 17.0. The largest absolute Gasteiger partial charge is 0.352 e. The van der Waals surface area contributed by atoms with Crippen LogP contribution in [0.15, 0.2) is 54.7 Å². The number of aromatic nitrogens is 2. The van der Waals surface area contributed by atoms with Gasteiger partial charge in [0.05, 0.1) is 22.5 Å². The van der Waals surface area contributed by atoms with Gasteiger partial charge in [-0.1, -0.05) is 31.2 Å². The number of nitrogens with one attached hydrogen (secondary N) is 1. The molecule has 1 fully saturated rings. The number of fused-ring (bicyclic) bond motifs is 1. The quantitative estimate of drug-likeness (QED) is 0.645. The third-order valence-electron chi connectivity index (χ3n) is 5.70. The number of rotatable bonds is 6. The summed E-state index contributed by atoms with van der Waals surface area (Å²) in [6, 6.07) is 15.4. The van der Waals surface area contributed by atoms with Crippen molar-refractivity contribution >= 4 is 16.8 Å².